The van der Waals surface area contributed by atoms with Crippen LogP contribution in [0.15, 0.2) is 52.3 Å². The van der Waals surface area contributed by atoms with E-state index in [1.807, 2.05) is 6.26 Å². The lowest BCUT2D eigenvalue weighted by atomic mass is 10.1. The smallest absolute Gasteiger partial charge is 0.243 e. The Kier molecular flexibility index (Phi) is 5.74. The number of hydrogen-bond donors (Lipinski definition) is 2. The summed E-state index contributed by atoms with van der Waals surface area (Å²) < 4.78 is 52.7. The number of rotatable bonds is 6. The topological polar surface area (TPSA) is 66.4 Å². The summed E-state index contributed by atoms with van der Waals surface area (Å²) in [6.45, 7) is -0.350. The standard InChI is InChI=1S/C15H15F2NO3S2/c1-22-12-5-2-10(3-6-12)14(19)9-18-23(20,21)15-8-11(16)4-7-13(15)17/h2-8,14,18-19H,9H2,1H3. The van der Waals surface area contributed by atoms with Gasteiger partial charge >= 0.3 is 0 Å². The quantitative estimate of drug-likeness (QED) is 0.779. The average Bonchev–Trinajstić information content (AvgIpc) is 2.55. The highest BCUT2D eigenvalue weighted by atomic mass is 32.2. The van der Waals surface area contributed by atoms with Crippen LogP contribution in [0.3, 0.4) is 0 Å². The monoisotopic (exact) mass is 359 g/mol. The molecule has 2 rings (SSSR count). The van der Waals surface area contributed by atoms with Crippen molar-refractivity contribution in [1.29, 1.82) is 0 Å². The van der Waals surface area contributed by atoms with Crippen molar-refractivity contribution in [3.05, 3.63) is 59.7 Å². The summed E-state index contributed by atoms with van der Waals surface area (Å²) in [5, 5.41) is 10.0. The molecule has 0 aliphatic rings. The summed E-state index contributed by atoms with van der Waals surface area (Å²) >= 11 is 1.54. The number of aliphatic hydroxyl groups excluding tert-OH is 1. The summed E-state index contributed by atoms with van der Waals surface area (Å²) in [5.74, 6) is -1.92. The number of benzene rings is 2. The number of thioether (sulfide) groups is 1. The molecule has 0 aliphatic heterocycles. The molecule has 8 heteroatoms. The Labute approximate surface area is 137 Å². The molecule has 124 valence electrons. The number of halogens is 2. The van der Waals surface area contributed by atoms with Crippen LogP contribution in [0.1, 0.15) is 11.7 Å². The van der Waals surface area contributed by atoms with Gasteiger partial charge in [0.05, 0.1) is 6.10 Å². The van der Waals surface area contributed by atoms with Crippen molar-refractivity contribution in [3.63, 3.8) is 0 Å². The molecule has 2 N–H and O–H groups in total. The van der Waals surface area contributed by atoms with Crippen LogP contribution >= 0.6 is 11.8 Å². The number of hydrogen-bond acceptors (Lipinski definition) is 4. The zero-order valence-electron chi connectivity index (χ0n) is 12.2. The highest BCUT2D eigenvalue weighted by Gasteiger charge is 2.21. The molecule has 0 radical (unpaired) electrons. The first-order valence-electron chi connectivity index (χ1n) is 6.60. The van der Waals surface area contributed by atoms with Gasteiger partial charge in [-0.2, -0.15) is 0 Å². The van der Waals surface area contributed by atoms with Crippen LogP contribution < -0.4 is 4.72 Å². The van der Waals surface area contributed by atoms with Gasteiger partial charge in [-0.3, -0.25) is 0 Å². The van der Waals surface area contributed by atoms with Gasteiger partial charge in [0.1, 0.15) is 16.5 Å². The Bertz CT molecular complexity index is 780. The van der Waals surface area contributed by atoms with Crippen molar-refractivity contribution in [2.75, 3.05) is 12.8 Å². The van der Waals surface area contributed by atoms with Gasteiger partial charge in [0.25, 0.3) is 0 Å². The molecule has 1 unspecified atom stereocenters. The minimum Gasteiger partial charge on any atom is -0.387 e. The largest absolute Gasteiger partial charge is 0.387 e. The first-order chi connectivity index (χ1) is 10.8. The Morgan fingerprint density at radius 2 is 1.83 bits per heavy atom. The maximum absolute atomic E-state index is 13.5. The molecule has 0 heterocycles. The van der Waals surface area contributed by atoms with Crippen LogP contribution in [0.2, 0.25) is 0 Å². The lowest BCUT2D eigenvalue weighted by Gasteiger charge is -2.13. The molecular formula is C15H15F2NO3S2. The summed E-state index contributed by atoms with van der Waals surface area (Å²) in [6, 6.07) is 9.10. The zero-order valence-corrected chi connectivity index (χ0v) is 13.8. The molecule has 1 atom stereocenters. The lowest BCUT2D eigenvalue weighted by molar-refractivity contribution is 0.182. The van der Waals surface area contributed by atoms with Crippen LogP contribution in [0.5, 0.6) is 0 Å². The third-order valence-electron chi connectivity index (χ3n) is 3.15. The molecule has 0 spiro atoms. The van der Waals surface area contributed by atoms with Crippen molar-refractivity contribution in [3.8, 4) is 0 Å². The van der Waals surface area contributed by atoms with E-state index < -0.39 is 32.7 Å². The third kappa shape index (κ3) is 4.51. The van der Waals surface area contributed by atoms with Gasteiger partial charge in [-0.05, 0) is 42.2 Å². The second-order valence-electron chi connectivity index (χ2n) is 4.72. The second kappa shape index (κ2) is 7.39. The third-order valence-corrected chi connectivity index (χ3v) is 5.33. The molecule has 0 saturated carbocycles. The molecule has 0 saturated heterocycles. The Hall–Kier alpha value is -1.48. The molecule has 0 aliphatic carbocycles. The van der Waals surface area contributed by atoms with E-state index in [0.29, 0.717) is 11.6 Å². The maximum Gasteiger partial charge on any atom is 0.243 e. The highest BCUT2D eigenvalue weighted by Crippen LogP contribution is 2.20. The number of aliphatic hydroxyl groups is 1. The van der Waals surface area contributed by atoms with Crippen LogP contribution in [-0.2, 0) is 10.0 Å². The first-order valence-corrected chi connectivity index (χ1v) is 9.31. The van der Waals surface area contributed by atoms with Crippen molar-refractivity contribution in [1.82, 2.24) is 4.72 Å². The molecule has 23 heavy (non-hydrogen) atoms. The van der Waals surface area contributed by atoms with Crippen LogP contribution in [0.25, 0.3) is 0 Å². The molecule has 0 amide bonds. The van der Waals surface area contributed by atoms with Gasteiger partial charge < -0.3 is 5.11 Å². The number of nitrogens with one attached hydrogen (secondary N) is 1. The van der Waals surface area contributed by atoms with Crippen molar-refractivity contribution in [2.45, 2.75) is 15.9 Å². The Morgan fingerprint density at radius 3 is 2.43 bits per heavy atom. The SMILES string of the molecule is CSc1ccc(C(O)CNS(=O)(=O)c2cc(F)ccc2F)cc1. The summed E-state index contributed by atoms with van der Waals surface area (Å²) in [4.78, 5) is 0.214. The Balaban J connectivity index is 2.10. The van der Waals surface area contributed by atoms with Crippen molar-refractivity contribution >= 4 is 21.8 Å². The summed E-state index contributed by atoms with van der Waals surface area (Å²) in [6.07, 6.45) is 0.810. The Morgan fingerprint density at radius 1 is 1.17 bits per heavy atom. The van der Waals surface area contributed by atoms with E-state index >= 15 is 0 Å². The van der Waals surface area contributed by atoms with Gasteiger partial charge in [0.15, 0.2) is 0 Å². The minimum absolute atomic E-state index is 0.350. The lowest BCUT2D eigenvalue weighted by Crippen LogP contribution is -2.29. The van der Waals surface area contributed by atoms with E-state index in [1.54, 1.807) is 24.3 Å². The second-order valence-corrected chi connectivity index (χ2v) is 7.33. The van der Waals surface area contributed by atoms with Gasteiger partial charge in [-0.1, -0.05) is 12.1 Å². The molecular weight excluding hydrogens is 344 g/mol. The number of sulfonamides is 1. The van der Waals surface area contributed by atoms with E-state index in [4.69, 9.17) is 0 Å². The van der Waals surface area contributed by atoms with Crippen LogP contribution in [0.4, 0.5) is 8.78 Å². The van der Waals surface area contributed by atoms with E-state index in [2.05, 4.69) is 4.72 Å². The summed E-state index contributed by atoms with van der Waals surface area (Å²) in [5.41, 5.74) is 0.519. The van der Waals surface area contributed by atoms with E-state index in [1.165, 1.54) is 11.8 Å². The minimum atomic E-state index is -4.26. The van der Waals surface area contributed by atoms with Gasteiger partial charge in [0.2, 0.25) is 10.0 Å². The van der Waals surface area contributed by atoms with Gasteiger partial charge in [-0.25, -0.2) is 21.9 Å². The van der Waals surface area contributed by atoms with Crippen LogP contribution in [-0.4, -0.2) is 26.3 Å². The van der Waals surface area contributed by atoms with Gasteiger partial charge in [0, 0.05) is 11.4 Å². The van der Waals surface area contributed by atoms with E-state index in [-0.39, 0.29) is 6.54 Å². The van der Waals surface area contributed by atoms with Crippen molar-refractivity contribution in [2.24, 2.45) is 0 Å². The molecule has 0 aromatic heterocycles. The zero-order chi connectivity index (χ0) is 17.0. The van der Waals surface area contributed by atoms with E-state index in [9.17, 15) is 22.3 Å². The van der Waals surface area contributed by atoms with Crippen molar-refractivity contribution < 1.29 is 22.3 Å². The predicted molar refractivity (Wildman–Crippen MR) is 84.7 cm³/mol. The summed E-state index contributed by atoms with van der Waals surface area (Å²) in [7, 11) is -4.26. The first kappa shape index (κ1) is 17.9. The molecule has 4 nitrogen and oxygen atoms in total. The fourth-order valence-electron chi connectivity index (χ4n) is 1.89. The van der Waals surface area contributed by atoms with Crippen LogP contribution in [0, 0.1) is 11.6 Å². The maximum atomic E-state index is 13.5. The van der Waals surface area contributed by atoms with E-state index in [0.717, 1.165) is 17.0 Å². The molecule has 2 aromatic rings. The molecule has 0 fully saturated rings. The normalized spacial score (nSPS) is 13.0. The molecule has 0 bridgehead atoms. The highest BCUT2D eigenvalue weighted by molar-refractivity contribution is 7.98. The molecule has 2 aromatic carbocycles. The average molecular weight is 359 g/mol. The predicted octanol–water partition coefficient (Wildman–Crippen LogP) is 2.70. The fourth-order valence-corrected chi connectivity index (χ4v) is 3.43. The van der Waals surface area contributed by atoms with Gasteiger partial charge in [-0.15, -0.1) is 11.8 Å². The fraction of sp³-hybridized carbons (Fsp3) is 0.200.